The number of benzene rings is 1. The average molecular weight is 394 g/mol. The minimum Gasteiger partial charge on any atom is -0.451 e. The van der Waals surface area contributed by atoms with Crippen LogP contribution in [0.1, 0.15) is 23.8 Å². The number of rotatable bonds is 7. The van der Waals surface area contributed by atoms with Gasteiger partial charge in [-0.3, -0.25) is 14.7 Å². The molecule has 0 radical (unpaired) electrons. The maximum absolute atomic E-state index is 13.2. The number of ether oxygens (including phenoxy) is 1. The fourth-order valence-corrected chi connectivity index (χ4v) is 2.66. The third-order valence-electron chi connectivity index (χ3n) is 3.33. The molecule has 0 saturated heterocycles. The summed E-state index contributed by atoms with van der Waals surface area (Å²) in [6.45, 7) is 1.67. The lowest BCUT2D eigenvalue weighted by atomic mass is 10.3. The van der Waals surface area contributed by atoms with Crippen LogP contribution in [0.2, 0.25) is 0 Å². The van der Waals surface area contributed by atoms with E-state index in [0.29, 0.717) is 17.4 Å². The molecule has 0 aliphatic carbocycles. The van der Waals surface area contributed by atoms with Gasteiger partial charge in [0, 0.05) is 12.2 Å². The van der Waals surface area contributed by atoms with Gasteiger partial charge in [-0.25, -0.2) is 19.0 Å². The highest BCUT2D eigenvalue weighted by Crippen LogP contribution is 2.22. The van der Waals surface area contributed by atoms with Gasteiger partial charge in [-0.15, -0.1) is 0 Å². The third kappa shape index (κ3) is 5.55. The van der Waals surface area contributed by atoms with E-state index in [1.54, 1.807) is 6.26 Å². The number of hydrogen-bond acceptors (Lipinski definition) is 6. The molecule has 0 unspecified atom stereocenters. The SMILES string of the molecule is CCCNC(=O)NC(=O)COC(=O)c1cnc(SC)n1-c1ccc(F)cc1. The number of nitrogens with zero attached hydrogens (tertiary/aromatic N) is 2. The second-order valence-electron chi connectivity index (χ2n) is 5.32. The highest BCUT2D eigenvalue weighted by Gasteiger charge is 2.20. The Balaban J connectivity index is 2.06. The summed E-state index contributed by atoms with van der Waals surface area (Å²) in [5.41, 5.74) is 0.600. The number of thioether (sulfide) groups is 1. The van der Waals surface area contributed by atoms with Crippen molar-refractivity contribution in [1.82, 2.24) is 20.2 Å². The number of amides is 3. The quantitative estimate of drug-likeness (QED) is 0.551. The van der Waals surface area contributed by atoms with Gasteiger partial charge < -0.3 is 10.1 Å². The van der Waals surface area contributed by atoms with Crippen LogP contribution in [0.5, 0.6) is 0 Å². The monoisotopic (exact) mass is 394 g/mol. The molecule has 0 saturated carbocycles. The van der Waals surface area contributed by atoms with Crippen LogP contribution in [-0.4, -0.2) is 46.9 Å². The van der Waals surface area contributed by atoms with Crippen LogP contribution in [0, 0.1) is 5.82 Å². The van der Waals surface area contributed by atoms with Crippen LogP contribution in [0.4, 0.5) is 9.18 Å². The number of hydrogen-bond donors (Lipinski definition) is 2. The lowest BCUT2D eigenvalue weighted by molar-refractivity contribution is -0.123. The van der Waals surface area contributed by atoms with Crippen molar-refractivity contribution in [2.75, 3.05) is 19.4 Å². The minimum absolute atomic E-state index is 0.0780. The van der Waals surface area contributed by atoms with Gasteiger partial charge in [-0.05, 0) is 36.9 Å². The van der Waals surface area contributed by atoms with Gasteiger partial charge in [0.05, 0.1) is 6.20 Å². The molecule has 27 heavy (non-hydrogen) atoms. The predicted octanol–water partition coefficient (Wildman–Crippen LogP) is 2.13. The van der Waals surface area contributed by atoms with Crippen molar-refractivity contribution >= 4 is 29.7 Å². The van der Waals surface area contributed by atoms with Crippen molar-refractivity contribution in [1.29, 1.82) is 0 Å². The fourth-order valence-electron chi connectivity index (χ4n) is 2.11. The van der Waals surface area contributed by atoms with Gasteiger partial charge in [-0.2, -0.15) is 0 Å². The molecule has 2 N–H and O–H groups in total. The molecule has 0 aliphatic rings. The molecule has 0 fully saturated rings. The van der Waals surface area contributed by atoms with Gasteiger partial charge >= 0.3 is 12.0 Å². The number of aromatic nitrogens is 2. The number of nitrogens with one attached hydrogen (secondary N) is 2. The molecule has 8 nitrogen and oxygen atoms in total. The maximum Gasteiger partial charge on any atom is 0.357 e. The van der Waals surface area contributed by atoms with Crippen molar-refractivity contribution in [3.05, 3.63) is 42.0 Å². The number of urea groups is 1. The summed E-state index contributed by atoms with van der Waals surface area (Å²) in [5.74, 6) is -1.96. The molecular weight excluding hydrogens is 375 g/mol. The van der Waals surface area contributed by atoms with E-state index in [1.807, 2.05) is 6.92 Å². The van der Waals surface area contributed by atoms with Crippen molar-refractivity contribution in [2.24, 2.45) is 0 Å². The minimum atomic E-state index is -0.795. The molecule has 0 spiro atoms. The van der Waals surface area contributed by atoms with Crippen molar-refractivity contribution in [2.45, 2.75) is 18.5 Å². The molecule has 3 amide bonds. The van der Waals surface area contributed by atoms with Gasteiger partial charge in [-0.1, -0.05) is 18.7 Å². The zero-order valence-electron chi connectivity index (χ0n) is 14.8. The summed E-state index contributed by atoms with van der Waals surface area (Å²) in [6, 6.07) is 4.86. The molecule has 1 aromatic heterocycles. The first-order valence-electron chi connectivity index (χ1n) is 8.08. The zero-order valence-corrected chi connectivity index (χ0v) is 15.6. The molecule has 2 rings (SSSR count). The summed E-state index contributed by atoms with van der Waals surface area (Å²) in [4.78, 5) is 39.6. The molecule has 0 atom stereocenters. The smallest absolute Gasteiger partial charge is 0.357 e. The van der Waals surface area contributed by atoms with E-state index in [2.05, 4.69) is 15.6 Å². The summed E-state index contributed by atoms with van der Waals surface area (Å²) < 4.78 is 19.6. The zero-order chi connectivity index (χ0) is 19.8. The summed E-state index contributed by atoms with van der Waals surface area (Å²) in [6.07, 6.45) is 3.81. The second kappa shape index (κ2) is 9.72. The number of carbonyl (C=O) groups excluding carboxylic acids is 3. The van der Waals surface area contributed by atoms with Crippen LogP contribution in [0.3, 0.4) is 0 Å². The molecule has 1 heterocycles. The Labute approximate surface area is 159 Å². The lowest BCUT2D eigenvalue weighted by Gasteiger charge is -2.11. The number of imidazole rings is 1. The van der Waals surface area contributed by atoms with Gasteiger partial charge in [0.1, 0.15) is 5.82 Å². The van der Waals surface area contributed by atoms with Gasteiger partial charge in [0.25, 0.3) is 5.91 Å². The molecule has 144 valence electrons. The molecular formula is C17H19FN4O4S. The second-order valence-corrected chi connectivity index (χ2v) is 6.10. The maximum atomic E-state index is 13.2. The first-order valence-corrected chi connectivity index (χ1v) is 9.31. The van der Waals surface area contributed by atoms with Gasteiger partial charge in [0.15, 0.2) is 17.5 Å². The average Bonchev–Trinajstić information content (AvgIpc) is 3.09. The van der Waals surface area contributed by atoms with Crippen molar-refractivity contribution < 1.29 is 23.5 Å². The molecule has 2 aromatic rings. The summed E-state index contributed by atoms with van der Waals surface area (Å²) in [7, 11) is 0. The molecule has 1 aromatic carbocycles. The van der Waals surface area contributed by atoms with E-state index in [4.69, 9.17) is 4.74 Å². The van der Waals surface area contributed by atoms with Crippen LogP contribution in [-0.2, 0) is 9.53 Å². The summed E-state index contributed by atoms with van der Waals surface area (Å²) in [5, 5.41) is 5.02. The lowest BCUT2D eigenvalue weighted by Crippen LogP contribution is -2.41. The highest BCUT2D eigenvalue weighted by atomic mass is 32.2. The van der Waals surface area contributed by atoms with E-state index < -0.39 is 30.3 Å². The number of imide groups is 1. The first-order chi connectivity index (χ1) is 13.0. The fraction of sp³-hybridized carbons (Fsp3) is 0.294. The normalized spacial score (nSPS) is 10.3. The Hall–Kier alpha value is -2.88. The highest BCUT2D eigenvalue weighted by molar-refractivity contribution is 7.98. The predicted molar refractivity (Wildman–Crippen MR) is 97.4 cm³/mol. The van der Waals surface area contributed by atoms with E-state index in [9.17, 15) is 18.8 Å². The van der Waals surface area contributed by atoms with E-state index in [-0.39, 0.29) is 5.69 Å². The van der Waals surface area contributed by atoms with E-state index in [1.165, 1.54) is 46.8 Å². The van der Waals surface area contributed by atoms with Crippen molar-refractivity contribution in [3.8, 4) is 5.69 Å². The molecule has 0 bridgehead atoms. The number of halogens is 1. The molecule has 0 aliphatic heterocycles. The van der Waals surface area contributed by atoms with Gasteiger partial charge in [0.2, 0.25) is 0 Å². The topological polar surface area (TPSA) is 102 Å². The Morgan fingerprint density at radius 3 is 2.59 bits per heavy atom. The Kier molecular flexibility index (Phi) is 7.35. The molecule has 10 heteroatoms. The van der Waals surface area contributed by atoms with E-state index >= 15 is 0 Å². The van der Waals surface area contributed by atoms with E-state index in [0.717, 1.165) is 6.42 Å². The largest absolute Gasteiger partial charge is 0.451 e. The Morgan fingerprint density at radius 2 is 1.96 bits per heavy atom. The summed E-state index contributed by atoms with van der Waals surface area (Å²) >= 11 is 1.29. The number of carbonyl (C=O) groups is 3. The third-order valence-corrected chi connectivity index (χ3v) is 3.98. The van der Waals surface area contributed by atoms with Crippen LogP contribution >= 0.6 is 11.8 Å². The Morgan fingerprint density at radius 1 is 1.26 bits per heavy atom. The standard InChI is InChI=1S/C17H19FN4O4S/c1-3-8-19-16(25)21-14(23)10-26-15(24)13-9-20-17(27-2)22(13)12-6-4-11(18)5-7-12/h4-7,9H,3,8,10H2,1-2H3,(H2,19,21,23,25). The van der Waals surface area contributed by atoms with Crippen LogP contribution < -0.4 is 10.6 Å². The first kappa shape index (κ1) is 20.4. The Bertz CT molecular complexity index is 823. The number of esters is 1. The van der Waals surface area contributed by atoms with Crippen molar-refractivity contribution in [3.63, 3.8) is 0 Å². The van der Waals surface area contributed by atoms with Crippen LogP contribution in [0.15, 0.2) is 35.6 Å². The van der Waals surface area contributed by atoms with Crippen LogP contribution in [0.25, 0.3) is 5.69 Å².